The first-order chi connectivity index (χ1) is 0. The van der Waals surface area contributed by atoms with E-state index in [4.69, 9.17) is 0 Å². The minimum Gasteiger partial charge on any atom is 0 e. The van der Waals surface area contributed by atoms with Crippen LogP contribution < -0.4 is 0 Å². The molecule has 0 aliphatic rings. The van der Waals surface area contributed by atoms with Crippen molar-refractivity contribution < 1.29 is 67.3 Å². The summed E-state index contributed by atoms with van der Waals surface area (Å²) in [5, 5.41) is 0. The van der Waals surface area contributed by atoms with Gasteiger partial charge in [-0.25, -0.2) is 0 Å². The number of rotatable bonds is 0. The molecule has 0 amide bonds. The van der Waals surface area contributed by atoms with Crippen molar-refractivity contribution >= 4 is 29.6 Å². The summed E-state index contributed by atoms with van der Waals surface area (Å²) in [6, 6.07) is 0. The smallest absolute Gasteiger partial charge is 0 e. The third kappa shape index (κ3) is 8.90. The van der Waals surface area contributed by atoms with Crippen LogP contribution in [-0.4, -0.2) is 29.6 Å². The van der Waals surface area contributed by atoms with E-state index in [2.05, 4.69) is 0 Å². The van der Waals surface area contributed by atoms with Crippen LogP contribution in [0.15, 0.2) is 0 Å². The molecule has 0 aromatic rings. The van der Waals surface area contributed by atoms with Gasteiger partial charge in [0.15, 0.2) is 0 Å². The molecule has 4 heavy (non-hydrogen) atoms. The summed E-state index contributed by atoms with van der Waals surface area (Å²) in [6.45, 7) is 0. The predicted molar refractivity (Wildman–Crippen MR) is 6.44 cm³/mol. The van der Waals surface area contributed by atoms with Gasteiger partial charge in [-0.15, -0.1) is 0 Å². The molecule has 0 aliphatic heterocycles. The van der Waals surface area contributed by atoms with E-state index in [1.807, 2.05) is 0 Å². The molecule has 0 fully saturated rings. The average molecular weight is 269 g/mol. The van der Waals surface area contributed by atoms with Crippen LogP contribution >= 0.6 is 0 Å². The molecule has 1 nitrogen and oxygen atoms in total. The quantitative estimate of drug-likeness (QED) is 0.530. The summed E-state index contributed by atoms with van der Waals surface area (Å²) in [5.41, 5.74) is 0. The molecule has 4 heteroatoms. The molecule has 0 aliphatic carbocycles. The van der Waals surface area contributed by atoms with Gasteiger partial charge in [0, 0.05) is 96.8 Å². The molecule has 0 aromatic carbocycles. The summed E-state index contributed by atoms with van der Waals surface area (Å²) < 4.78 is 0. The summed E-state index contributed by atoms with van der Waals surface area (Å²) in [6.07, 6.45) is 0. The van der Waals surface area contributed by atoms with Gasteiger partial charge in [0.25, 0.3) is 0 Å². The van der Waals surface area contributed by atoms with E-state index >= 15 is 0 Å². The van der Waals surface area contributed by atoms with Crippen molar-refractivity contribution in [3.8, 4) is 0 Å². The second-order valence-corrected chi connectivity index (χ2v) is 0. The molecule has 0 N–H and O–H groups in total. The molecule has 0 heterocycles. The Morgan fingerprint density at radius 1 is 1.00 bits per heavy atom. The summed E-state index contributed by atoms with van der Waals surface area (Å²) in [5.74, 6) is 0. The molecule has 14 valence electrons. The van der Waals surface area contributed by atoms with Crippen molar-refractivity contribution in [1.29, 1.82) is 0 Å². The fourth-order valence-electron chi connectivity index (χ4n) is 0. The standard InChI is InChI=1S/La.Na.O.Zr. The number of hydrogen-bond donors (Lipinski definition) is 0. The molecule has 0 saturated heterocycles. The topological polar surface area (TPSA) is 28.5 Å². The van der Waals surface area contributed by atoms with E-state index in [9.17, 15) is 0 Å². The van der Waals surface area contributed by atoms with E-state index < -0.39 is 0 Å². The van der Waals surface area contributed by atoms with E-state index in [0.717, 1.165) is 0 Å². The molecule has 0 saturated carbocycles. The monoisotopic (exact) mass is 268 g/mol. The average Bonchev–Trinajstić information content (AvgIpc) is 0. The number of hydrogen-bond acceptors (Lipinski definition) is 0. The Kier molecular flexibility index (Phi) is 115. The Bertz CT molecular complexity index is 8.00. The van der Waals surface area contributed by atoms with Crippen LogP contribution in [0.25, 0.3) is 0 Å². The van der Waals surface area contributed by atoms with Gasteiger partial charge in [-0.1, -0.05) is 0 Å². The van der Waals surface area contributed by atoms with Crippen molar-refractivity contribution in [3.63, 3.8) is 0 Å². The third-order valence-corrected chi connectivity index (χ3v) is 0. The van der Waals surface area contributed by atoms with Gasteiger partial charge in [0.05, 0.1) is 0 Å². The van der Waals surface area contributed by atoms with Crippen LogP contribution in [0, 0.1) is 35.6 Å². The second kappa shape index (κ2) is 16.6. The van der Waals surface area contributed by atoms with Crippen LogP contribution in [0.3, 0.4) is 0 Å². The van der Waals surface area contributed by atoms with Gasteiger partial charge in [0.1, 0.15) is 0 Å². The van der Waals surface area contributed by atoms with E-state index in [1.54, 1.807) is 0 Å². The largest absolute Gasteiger partial charge is 0 e. The first kappa shape index (κ1) is 27.8. The maximum atomic E-state index is 0. The zero-order valence-electron chi connectivity index (χ0n) is 2.49. The fraction of sp³-hybridized carbons (Fsp3) is 0. The van der Waals surface area contributed by atoms with Crippen LogP contribution in [0.1, 0.15) is 0 Å². The van der Waals surface area contributed by atoms with Crippen molar-refractivity contribution in [2.45, 2.75) is 0 Å². The summed E-state index contributed by atoms with van der Waals surface area (Å²) in [7, 11) is 0. The maximum Gasteiger partial charge on any atom is 0 e. The fourth-order valence-corrected chi connectivity index (χ4v) is 0. The SMILES string of the molecule is [La].[Na].[O].[Zr]. The maximum absolute atomic E-state index is 0. The first-order valence-corrected chi connectivity index (χ1v) is 0. The van der Waals surface area contributed by atoms with Gasteiger partial charge in [-0.2, -0.15) is 0 Å². The Balaban J connectivity index is 0. The minimum absolute atomic E-state index is 0. The van der Waals surface area contributed by atoms with Crippen molar-refractivity contribution in [3.05, 3.63) is 0 Å². The minimum atomic E-state index is 0. The zero-order chi connectivity index (χ0) is 0. The van der Waals surface area contributed by atoms with Gasteiger partial charge >= 0.3 is 0 Å². The first-order valence-electron chi connectivity index (χ1n) is 0. The van der Waals surface area contributed by atoms with Gasteiger partial charge < -0.3 is 0 Å². The van der Waals surface area contributed by atoms with Crippen LogP contribution in [0.5, 0.6) is 0 Å². The second-order valence-electron chi connectivity index (χ2n) is 0. The normalized spacial score (nSPS) is 0. The molecule has 0 aromatic heterocycles. The van der Waals surface area contributed by atoms with E-state index in [-0.39, 0.29) is 96.8 Å². The van der Waals surface area contributed by atoms with Crippen LogP contribution in [-0.2, 0) is 31.7 Å². The Morgan fingerprint density at radius 2 is 1.00 bits per heavy atom. The van der Waals surface area contributed by atoms with Crippen molar-refractivity contribution in [2.24, 2.45) is 0 Å². The van der Waals surface area contributed by atoms with Gasteiger partial charge in [0.2, 0.25) is 0 Å². The van der Waals surface area contributed by atoms with Gasteiger partial charge in [-0.3, -0.25) is 0 Å². The van der Waals surface area contributed by atoms with E-state index in [1.165, 1.54) is 0 Å². The zero-order valence-corrected chi connectivity index (χ0v) is 10.6. The van der Waals surface area contributed by atoms with Crippen LogP contribution in [0.2, 0.25) is 0 Å². The predicted octanol–water partition coefficient (Wildman–Crippen LogP) is -0.502. The molecule has 0 unspecified atom stereocenters. The van der Waals surface area contributed by atoms with E-state index in [0.29, 0.717) is 0 Å². The molecule has 0 rings (SSSR count). The molecular formula is LaNaOZr. The van der Waals surface area contributed by atoms with Gasteiger partial charge in [-0.05, 0) is 0 Å². The molecule has 0 bridgehead atoms. The summed E-state index contributed by atoms with van der Waals surface area (Å²) in [4.78, 5) is 0. The Morgan fingerprint density at radius 3 is 1.00 bits per heavy atom. The molecular weight excluding hydrogens is 269 g/mol. The molecule has 4 radical (unpaired) electrons. The summed E-state index contributed by atoms with van der Waals surface area (Å²) >= 11 is 0. The Hall–Kier alpha value is 3.04. The van der Waals surface area contributed by atoms with Crippen LogP contribution in [0.4, 0.5) is 0 Å². The van der Waals surface area contributed by atoms with Crippen molar-refractivity contribution in [1.82, 2.24) is 0 Å². The molecule has 0 spiro atoms. The Labute approximate surface area is 94.6 Å². The third-order valence-electron chi connectivity index (χ3n) is 0. The van der Waals surface area contributed by atoms with Crippen molar-refractivity contribution in [2.75, 3.05) is 0 Å². The molecule has 0 atom stereocenters.